The summed E-state index contributed by atoms with van der Waals surface area (Å²) in [5.74, 6) is 0.523. The molecule has 0 aliphatic carbocycles. The summed E-state index contributed by atoms with van der Waals surface area (Å²) in [6.45, 7) is 6.92. The zero-order valence-corrected chi connectivity index (χ0v) is 22.8. The minimum atomic E-state index is -0.862. The number of ether oxygens (including phenoxy) is 2. The number of hydrogen-bond donors (Lipinski definition) is 2. The van der Waals surface area contributed by atoms with Gasteiger partial charge in [-0.25, -0.2) is 4.79 Å². The number of hydrogen-bond acceptors (Lipinski definition) is 5. The molecule has 1 saturated heterocycles. The quantitative estimate of drug-likeness (QED) is 0.363. The number of anilines is 1. The fraction of sp³-hybridized carbons (Fsp3) is 0.323. The van der Waals surface area contributed by atoms with Crippen LogP contribution in [0.3, 0.4) is 0 Å². The molecule has 1 aliphatic rings. The van der Waals surface area contributed by atoms with Crippen LogP contribution in [0.5, 0.6) is 5.75 Å². The third-order valence-electron chi connectivity index (χ3n) is 6.67. The fourth-order valence-corrected chi connectivity index (χ4v) is 4.43. The number of nitrogens with one attached hydrogen (secondary N) is 2. The second-order valence-electron chi connectivity index (χ2n) is 10.1. The van der Waals surface area contributed by atoms with Crippen molar-refractivity contribution < 1.29 is 23.9 Å². The Kier molecular flexibility index (Phi) is 8.86. The Hall–Kier alpha value is -4.33. The zero-order chi connectivity index (χ0) is 27.9. The molecule has 204 valence electrons. The molecule has 2 N–H and O–H groups in total. The number of carbonyl (C=O) groups is 3. The van der Waals surface area contributed by atoms with Crippen molar-refractivity contribution in [2.45, 2.75) is 45.9 Å². The van der Waals surface area contributed by atoms with Gasteiger partial charge in [-0.05, 0) is 66.8 Å². The van der Waals surface area contributed by atoms with Gasteiger partial charge in [0.25, 0.3) is 5.91 Å². The van der Waals surface area contributed by atoms with E-state index in [9.17, 15) is 14.4 Å². The van der Waals surface area contributed by atoms with Crippen LogP contribution in [-0.2, 0) is 16.1 Å². The van der Waals surface area contributed by atoms with Gasteiger partial charge in [-0.1, -0.05) is 55.8 Å². The van der Waals surface area contributed by atoms with Crippen LogP contribution in [0.15, 0.2) is 72.8 Å². The summed E-state index contributed by atoms with van der Waals surface area (Å²) < 4.78 is 10.9. The average Bonchev–Trinajstić information content (AvgIpc) is 3.25. The molecule has 3 amide bonds. The minimum absolute atomic E-state index is 0.242. The number of nitrogens with zero attached hydrogens (tertiary/aromatic N) is 1. The number of methoxy groups -OCH3 is 1. The molecule has 8 heteroatoms. The highest BCUT2D eigenvalue weighted by molar-refractivity contribution is 6.04. The average molecular weight is 530 g/mol. The van der Waals surface area contributed by atoms with Crippen molar-refractivity contribution in [2.75, 3.05) is 19.0 Å². The normalized spacial score (nSPS) is 16.6. The number of benzene rings is 3. The third-order valence-corrected chi connectivity index (χ3v) is 6.67. The highest BCUT2D eigenvalue weighted by Gasteiger charge is 2.47. The summed E-state index contributed by atoms with van der Waals surface area (Å²) in [5, 5.41) is 5.87. The smallest absolute Gasteiger partial charge is 0.411 e. The van der Waals surface area contributed by atoms with Gasteiger partial charge in [-0.15, -0.1) is 0 Å². The minimum Gasteiger partial charge on any atom is -0.497 e. The first kappa shape index (κ1) is 27.7. The molecule has 1 aliphatic heterocycles. The molecule has 2 atom stereocenters. The topological polar surface area (TPSA) is 97.0 Å². The maximum atomic E-state index is 13.4. The van der Waals surface area contributed by atoms with E-state index in [2.05, 4.69) is 24.5 Å². The summed E-state index contributed by atoms with van der Waals surface area (Å²) in [4.78, 5) is 40.8. The van der Waals surface area contributed by atoms with Crippen LogP contribution in [0.2, 0.25) is 0 Å². The summed E-state index contributed by atoms with van der Waals surface area (Å²) in [6.07, 6.45) is -0.569. The molecule has 0 unspecified atom stereocenters. The number of amides is 3. The lowest BCUT2D eigenvalue weighted by molar-refractivity contribution is -0.126. The van der Waals surface area contributed by atoms with Crippen LogP contribution in [0.1, 0.15) is 53.4 Å². The molecule has 1 heterocycles. The van der Waals surface area contributed by atoms with Crippen LogP contribution in [-0.4, -0.2) is 42.5 Å². The van der Waals surface area contributed by atoms with Gasteiger partial charge < -0.3 is 20.1 Å². The van der Waals surface area contributed by atoms with E-state index in [0.29, 0.717) is 35.0 Å². The Labute approximate surface area is 229 Å². The maximum Gasteiger partial charge on any atom is 0.411 e. The second kappa shape index (κ2) is 12.5. The lowest BCUT2D eigenvalue weighted by atomic mass is 9.99. The standard InChI is InChI=1S/C31H35N3O5/c1-20(2)16-17-32-30(36)27-28(39-31(37)34(27)19-22-10-8-21(3)9-11-22)24-6-5-7-25(18-24)33-29(35)23-12-14-26(38-4)15-13-23/h5-15,18,20,27-28H,16-17,19H2,1-4H3,(H,32,36)(H,33,35)/t27-,28-/m1/s1. The molecular weight excluding hydrogens is 494 g/mol. The Morgan fingerprint density at radius 1 is 1.03 bits per heavy atom. The largest absolute Gasteiger partial charge is 0.497 e. The lowest BCUT2D eigenvalue weighted by Crippen LogP contribution is -2.46. The molecule has 1 fully saturated rings. The van der Waals surface area contributed by atoms with Crippen molar-refractivity contribution in [1.29, 1.82) is 0 Å². The lowest BCUT2D eigenvalue weighted by Gasteiger charge is -2.24. The van der Waals surface area contributed by atoms with E-state index in [1.165, 1.54) is 4.90 Å². The van der Waals surface area contributed by atoms with E-state index in [1.54, 1.807) is 55.6 Å². The number of aryl methyl sites for hydroxylation is 1. The van der Waals surface area contributed by atoms with Crippen molar-refractivity contribution in [3.8, 4) is 5.75 Å². The summed E-state index contributed by atoms with van der Waals surface area (Å²) in [7, 11) is 1.57. The van der Waals surface area contributed by atoms with E-state index in [4.69, 9.17) is 9.47 Å². The number of carbonyl (C=O) groups excluding carboxylic acids is 3. The van der Waals surface area contributed by atoms with Crippen LogP contribution in [0.4, 0.5) is 10.5 Å². The van der Waals surface area contributed by atoms with Crippen LogP contribution < -0.4 is 15.4 Å². The van der Waals surface area contributed by atoms with E-state index in [0.717, 1.165) is 17.5 Å². The van der Waals surface area contributed by atoms with E-state index < -0.39 is 18.2 Å². The van der Waals surface area contributed by atoms with Crippen LogP contribution >= 0.6 is 0 Å². The van der Waals surface area contributed by atoms with Crippen molar-refractivity contribution in [3.63, 3.8) is 0 Å². The monoisotopic (exact) mass is 529 g/mol. The summed E-state index contributed by atoms with van der Waals surface area (Å²) >= 11 is 0. The molecule has 0 radical (unpaired) electrons. The van der Waals surface area contributed by atoms with Crippen molar-refractivity contribution in [2.24, 2.45) is 5.92 Å². The highest BCUT2D eigenvalue weighted by Crippen LogP contribution is 2.35. The van der Waals surface area contributed by atoms with Crippen LogP contribution in [0.25, 0.3) is 0 Å². The maximum absolute atomic E-state index is 13.4. The van der Waals surface area contributed by atoms with Crippen molar-refractivity contribution in [1.82, 2.24) is 10.2 Å². The molecule has 0 bridgehead atoms. The third kappa shape index (κ3) is 6.96. The molecular formula is C31H35N3O5. The van der Waals surface area contributed by atoms with E-state index in [-0.39, 0.29) is 18.4 Å². The van der Waals surface area contributed by atoms with Gasteiger partial charge in [-0.2, -0.15) is 0 Å². The Morgan fingerprint density at radius 3 is 2.41 bits per heavy atom. The van der Waals surface area contributed by atoms with Crippen molar-refractivity contribution >= 4 is 23.6 Å². The Bertz CT molecular complexity index is 1300. The van der Waals surface area contributed by atoms with Gasteiger partial charge in [-0.3, -0.25) is 14.5 Å². The van der Waals surface area contributed by atoms with E-state index >= 15 is 0 Å². The van der Waals surface area contributed by atoms with Gasteiger partial charge in [0.2, 0.25) is 5.91 Å². The number of cyclic esters (lactones) is 1. The van der Waals surface area contributed by atoms with Gasteiger partial charge in [0.15, 0.2) is 12.1 Å². The zero-order valence-electron chi connectivity index (χ0n) is 22.8. The van der Waals surface area contributed by atoms with E-state index in [1.807, 2.05) is 31.2 Å². The predicted molar refractivity (Wildman–Crippen MR) is 150 cm³/mol. The fourth-order valence-electron chi connectivity index (χ4n) is 4.43. The molecule has 0 aromatic heterocycles. The van der Waals surface area contributed by atoms with Gasteiger partial charge in [0.05, 0.1) is 13.7 Å². The highest BCUT2D eigenvalue weighted by atomic mass is 16.6. The molecule has 3 aromatic carbocycles. The Balaban J connectivity index is 1.57. The molecule has 3 aromatic rings. The summed E-state index contributed by atoms with van der Waals surface area (Å²) in [5.41, 5.74) is 3.63. The summed E-state index contributed by atoms with van der Waals surface area (Å²) in [6, 6.07) is 20.8. The van der Waals surface area contributed by atoms with Crippen LogP contribution in [0, 0.1) is 12.8 Å². The molecule has 39 heavy (non-hydrogen) atoms. The van der Waals surface area contributed by atoms with Gasteiger partial charge in [0.1, 0.15) is 5.75 Å². The van der Waals surface area contributed by atoms with Crippen molar-refractivity contribution in [3.05, 3.63) is 95.1 Å². The van der Waals surface area contributed by atoms with Gasteiger partial charge in [0, 0.05) is 17.8 Å². The molecule has 8 nitrogen and oxygen atoms in total. The SMILES string of the molecule is COc1ccc(C(=O)Nc2cccc([C@H]3OC(=O)N(Cc4ccc(C)cc4)[C@H]3C(=O)NCCC(C)C)c2)cc1. The first-order valence-corrected chi connectivity index (χ1v) is 13.1. The first-order chi connectivity index (χ1) is 18.7. The first-order valence-electron chi connectivity index (χ1n) is 13.1. The molecule has 0 spiro atoms. The number of rotatable bonds is 10. The Morgan fingerprint density at radius 2 is 1.74 bits per heavy atom. The second-order valence-corrected chi connectivity index (χ2v) is 10.1. The molecule has 0 saturated carbocycles. The molecule has 4 rings (SSSR count). The predicted octanol–water partition coefficient (Wildman–Crippen LogP) is 5.48. The van der Waals surface area contributed by atoms with Gasteiger partial charge >= 0.3 is 6.09 Å².